The lowest BCUT2D eigenvalue weighted by Crippen LogP contribution is -2.22. The lowest BCUT2D eigenvalue weighted by Gasteiger charge is -2.28. The van der Waals surface area contributed by atoms with Gasteiger partial charge in [0.1, 0.15) is 6.61 Å². The Labute approximate surface area is 128 Å². The van der Waals surface area contributed by atoms with E-state index in [1.54, 1.807) is 0 Å². The summed E-state index contributed by atoms with van der Waals surface area (Å²) in [4.78, 5) is 0. The van der Waals surface area contributed by atoms with Gasteiger partial charge in [0.2, 0.25) is 0 Å². The summed E-state index contributed by atoms with van der Waals surface area (Å²) in [7, 11) is 0. The second-order valence-electron chi connectivity index (χ2n) is 6.68. The topological polar surface area (TPSA) is 47.3 Å². The summed E-state index contributed by atoms with van der Waals surface area (Å²) in [5.41, 5.74) is 0.962. The lowest BCUT2D eigenvalue weighted by atomic mass is 9.85. The van der Waals surface area contributed by atoms with Gasteiger partial charge in [-0.2, -0.15) is 0 Å². The van der Waals surface area contributed by atoms with E-state index in [-0.39, 0.29) is 0 Å². The van der Waals surface area contributed by atoms with Crippen molar-refractivity contribution in [3.8, 4) is 0 Å². The molecule has 1 aliphatic rings. The van der Waals surface area contributed by atoms with Gasteiger partial charge in [0, 0.05) is 12.6 Å². The monoisotopic (exact) mass is 294 g/mol. The quantitative estimate of drug-likeness (QED) is 0.789. The molecule has 1 N–H and O–H groups in total. The Bertz CT molecular complexity index is 403. The van der Waals surface area contributed by atoms with E-state index >= 15 is 0 Å². The van der Waals surface area contributed by atoms with E-state index in [2.05, 4.69) is 31.2 Å². The molecule has 1 saturated carbocycles. The molecule has 0 radical (unpaired) electrons. The van der Waals surface area contributed by atoms with Crippen molar-refractivity contribution < 1.29 is 9.26 Å². The van der Waals surface area contributed by atoms with E-state index in [0.29, 0.717) is 18.6 Å². The summed E-state index contributed by atoms with van der Waals surface area (Å²) < 4.78 is 11.4. The molecule has 1 aliphatic carbocycles. The van der Waals surface area contributed by atoms with Gasteiger partial charge in [-0.25, -0.2) is 0 Å². The molecule has 0 bridgehead atoms. The van der Waals surface area contributed by atoms with Crippen LogP contribution in [0.3, 0.4) is 0 Å². The van der Waals surface area contributed by atoms with Crippen LogP contribution in [0.2, 0.25) is 0 Å². The van der Waals surface area contributed by atoms with Crippen LogP contribution in [0.25, 0.3) is 0 Å². The second kappa shape index (κ2) is 8.54. The fourth-order valence-corrected chi connectivity index (χ4v) is 2.96. The van der Waals surface area contributed by atoms with Crippen molar-refractivity contribution >= 4 is 0 Å². The van der Waals surface area contributed by atoms with Crippen molar-refractivity contribution in [2.45, 2.75) is 72.1 Å². The predicted octanol–water partition coefficient (Wildman–Crippen LogP) is 3.91. The van der Waals surface area contributed by atoms with Gasteiger partial charge in [0.25, 0.3) is 0 Å². The Morgan fingerprint density at radius 1 is 1.43 bits per heavy atom. The minimum absolute atomic E-state index is 0.399. The zero-order valence-corrected chi connectivity index (χ0v) is 13.7. The number of rotatable bonds is 8. The van der Waals surface area contributed by atoms with E-state index in [1.165, 1.54) is 32.1 Å². The molecule has 4 heteroatoms. The van der Waals surface area contributed by atoms with Gasteiger partial charge in [-0.3, -0.25) is 0 Å². The summed E-state index contributed by atoms with van der Waals surface area (Å²) in [5.74, 6) is 2.33. The van der Waals surface area contributed by atoms with Crippen molar-refractivity contribution in [1.82, 2.24) is 10.5 Å². The molecule has 1 aromatic heterocycles. The fraction of sp³-hybridized carbons (Fsp3) is 0.824. The van der Waals surface area contributed by atoms with Crippen molar-refractivity contribution in [2.24, 2.45) is 11.8 Å². The molecule has 0 amide bonds. The highest BCUT2D eigenvalue weighted by Gasteiger charge is 2.21. The van der Waals surface area contributed by atoms with Gasteiger partial charge < -0.3 is 14.6 Å². The highest BCUT2D eigenvalue weighted by molar-refractivity contribution is 5.04. The summed E-state index contributed by atoms with van der Waals surface area (Å²) in [5, 5.41) is 7.46. The maximum atomic E-state index is 6.00. The van der Waals surface area contributed by atoms with Gasteiger partial charge in [-0.15, -0.1) is 0 Å². The second-order valence-corrected chi connectivity index (χ2v) is 6.68. The molecule has 0 saturated heterocycles. The molecule has 1 heterocycles. The number of aromatic nitrogens is 1. The third kappa shape index (κ3) is 5.79. The first-order valence-corrected chi connectivity index (χ1v) is 8.44. The molecule has 0 aromatic carbocycles. The van der Waals surface area contributed by atoms with E-state index in [0.717, 1.165) is 30.5 Å². The van der Waals surface area contributed by atoms with Crippen LogP contribution in [0.4, 0.5) is 0 Å². The first kappa shape index (κ1) is 16.5. The average molecular weight is 294 g/mol. The van der Waals surface area contributed by atoms with E-state index < -0.39 is 0 Å². The van der Waals surface area contributed by atoms with E-state index in [4.69, 9.17) is 9.26 Å². The smallest absolute Gasteiger partial charge is 0.162 e. The Balaban J connectivity index is 1.70. The molecule has 2 atom stereocenters. The van der Waals surface area contributed by atoms with Gasteiger partial charge in [0.05, 0.1) is 11.8 Å². The first-order valence-electron chi connectivity index (χ1n) is 8.44. The highest BCUT2D eigenvalue weighted by atomic mass is 16.5. The molecule has 4 nitrogen and oxygen atoms in total. The van der Waals surface area contributed by atoms with Crippen molar-refractivity contribution in [3.05, 3.63) is 17.5 Å². The molecule has 0 aliphatic heterocycles. The number of hydrogen-bond donors (Lipinski definition) is 1. The van der Waals surface area contributed by atoms with Gasteiger partial charge >= 0.3 is 0 Å². The molecule has 2 unspecified atom stereocenters. The van der Waals surface area contributed by atoms with Crippen molar-refractivity contribution in [1.29, 1.82) is 0 Å². The van der Waals surface area contributed by atoms with E-state index in [9.17, 15) is 0 Å². The molecular weight excluding hydrogens is 264 g/mol. The molecular formula is C17H30N2O2. The van der Waals surface area contributed by atoms with Gasteiger partial charge in [-0.05, 0) is 31.2 Å². The summed E-state index contributed by atoms with van der Waals surface area (Å²) in [6.07, 6.45) is 6.72. The van der Waals surface area contributed by atoms with Crippen LogP contribution in [-0.2, 0) is 17.9 Å². The maximum absolute atomic E-state index is 6.00. The normalized spacial score (nSPS) is 22.9. The van der Waals surface area contributed by atoms with Crippen LogP contribution >= 0.6 is 0 Å². The Hall–Kier alpha value is -0.870. The predicted molar refractivity (Wildman–Crippen MR) is 83.9 cm³/mol. The third-order valence-corrected chi connectivity index (χ3v) is 4.24. The van der Waals surface area contributed by atoms with Crippen LogP contribution in [0.1, 0.15) is 64.3 Å². The van der Waals surface area contributed by atoms with E-state index in [1.807, 2.05) is 6.07 Å². The number of nitrogens with one attached hydrogen (secondary N) is 1. The van der Waals surface area contributed by atoms with Crippen molar-refractivity contribution in [2.75, 3.05) is 6.54 Å². The Morgan fingerprint density at radius 2 is 2.29 bits per heavy atom. The van der Waals surface area contributed by atoms with Gasteiger partial charge in [-0.1, -0.05) is 45.2 Å². The number of nitrogens with zero attached hydrogens (tertiary/aromatic N) is 1. The molecule has 1 aromatic rings. The molecule has 21 heavy (non-hydrogen) atoms. The summed E-state index contributed by atoms with van der Waals surface area (Å²) >= 11 is 0. The molecule has 1 fully saturated rings. The average Bonchev–Trinajstić information content (AvgIpc) is 2.93. The zero-order valence-electron chi connectivity index (χ0n) is 13.7. The van der Waals surface area contributed by atoms with Crippen LogP contribution in [0, 0.1) is 11.8 Å². The molecule has 2 rings (SSSR count). The number of ether oxygens (including phenoxy) is 1. The van der Waals surface area contributed by atoms with Crippen LogP contribution in [-0.4, -0.2) is 17.8 Å². The minimum Gasteiger partial charge on any atom is -0.370 e. The Morgan fingerprint density at radius 3 is 3.05 bits per heavy atom. The summed E-state index contributed by atoms with van der Waals surface area (Å²) in [6.45, 7) is 8.99. The third-order valence-electron chi connectivity index (χ3n) is 4.24. The number of hydrogen-bond acceptors (Lipinski definition) is 4. The van der Waals surface area contributed by atoms with Gasteiger partial charge in [0.15, 0.2) is 5.76 Å². The molecule has 0 spiro atoms. The van der Waals surface area contributed by atoms with Crippen LogP contribution in [0.5, 0.6) is 0 Å². The SMILES string of the molecule is CCC1CCCC(OCc2cc(CNCC(C)C)no2)C1. The van der Waals surface area contributed by atoms with Crippen LogP contribution < -0.4 is 5.32 Å². The lowest BCUT2D eigenvalue weighted by molar-refractivity contribution is -0.00711. The minimum atomic E-state index is 0.399. The largest absolute Gasteiger partial charge is 0.370 e. The standard InChI is InChI=1S/C17H30N2O2/c1-4-14-6-5-7-16(8-14)20-12-17-9-15(19-21-17)11-18-10-13(2)3/h9,13-14,16,18H,4-8,10-12H2,1-3H3. The highest BCUT2D eigenvalue weighted by Crippen LogP contribution is 2.28. The zero-order chi connectivity index (χ0) is 15.1. The summed E-state index contributed by atoms with van der Waals surface area (Å²) in [6, 6.07) is 2.01. The first-order chi connectivity index (χ1) is 10.2. The van der Waals surface area contributed by atoms with Crippen molar-refractivity contribution in [3.63, 3.8) is 0 Å². The Kier molecular flexibility index (Phi) is 6.71. The fourth-order valence-electron chi connectivity index (χ4n) is 2.96. The van der Waals surface area contributed by atoms with Crippen LogP contribution in [0.15, 0.2) is 10.6 Å². The molecule has 120 valence electrons. The maximum Gasteiger partial charge on any atom is 0.162 e.